The summed E-state index contributed by atoms with van der Waals surface area (Å²) in [6.45, 7) is 2.26. The molecule has 2 fully saturated rings. The minimum absolute atomic E-state index is 0.0137. The number of aryl methyl sites for hydroxylation is 1. The van der Waals surface area contributed by atoms with Crippen LogP contribution in [-0.4, -0.2) is 43.8 Å². The first-order valence-electron chi connectivity index (χ1n) is 6.44. The van der Waals surface area contributed by atoms with Crippen LogP contribution in [0.4, 0.5) is 0 Å². The van der Waals surface area contributed by atoms with Crippen molar-refractivity contribution in [2.45, 2.75) is 31.8 Å². The van der Waals surface area contributed by atoms with Crippen LogP contribution >= 0.6 is 0 Å². The van der Waals surface area contributed by atoms with E-state index in [1.54, 1.807) is 22.8 Å². The van der Waals surface area contributed by atoms with E-state index in [4.69, 9.17) is 0 Å². The van der Waals surface area contributed by atoms with Crippen molar-refractivity contribution in [3.8, 4) is 0 Å². The van der Waals surface area contributed by atoms with E-state index in [0.29, 0.717) is 12.2 Å². The van der Waals surface area contributed by atoms with E-state index in [0.717, 1.165) is 12.8 Å². The minimum Gasteiger partial charge on any atom is -0.340 e. The largest absolute Gasteiger partial charge is 0.340 e. The van der Waals surface area contributed by atoms with Crippen LogP contribution in [0.2, 0.25) is 0 Å². The maximum Gasteiger partial charge on any atom is 0.249 e. The van der Waals surface area contributed by atoms with Crippen LogP contribution in [0.5, 0.6) is 0 Å². The third kappa shape index (κ3) is 2.09. The molecule has 7 nitrogen and oxygen atoms in total. The van der Waals surface area contributed by atoms with Crippen molar-refractivity contribution in [1.82, 2.24) is 25.2 Å². The number of carbonyl (C=O) groups is 2. The Labute approximate surface area is 110 Å². The Bertz CT molecular complexity index is 536. The van der Waals surface area contributed by atoms with Gasteiger partial charge in [0, 0.05) is 13.2 Å². The molecule has 1 aliphatic heterocycles. The lowest BCUT2D eigenvalue weighted by atomic mass is 9.91. The second-order valence-electron chi connectivity index (χ2n) is 5.57. The lowest BCUT2D eigenvalue weighted by Crippen LogP contribution is -2.66. The van der Waals surface area contributed by atoms with Gasteiger partial charge in [0.25, 0.3) is 0 Å². The highest BCUT2D eigenvalue weighted by molar-refractivity contribution is 5.98. The Morgan fingerprint density at radius 2 is 2.21 bits per heavy atom. The van der Waals surface area contributed by atoms with Gasteiger partial charge in [-0.3, -0.25) is 14.3 Å². The van der Waals surface area contributed by atoms with E-state index in [2.05, 4.69) is 15.6 Å². The Morgan fingerprint density at radius 1 is 1.47 bits per heavy atom. The van der Waals surface area contributed by atoms with Crippen molar-refractivity contribution in [3.05, 3.63) is 11.9 Å². The van der Waals surface area contributed by atoms with Crippen molar-refractivity contribution in [2.75, 3.05) is 6.54 Å². The third-order valence-electron chi connectivity index (χ3n) is 3.86. The lowest BCUT2D eigenvalue weighted by molar-refractivity contribution is -0.150. The molecule has 1 aromatic heterocycles. The van der Waals surface area contributed by atoms with Crippen molar-refractivity contribution in [3.63, 3.8) is 0 Å². The fourth-order valence-corrected chi connectivity index (χ4v) is 2.68. The lowest BCUT2D eigenvalue weighted by Gasteiger charge is -2.39. The zero-order chi connectivity index (χ0) is 13.6. The van der Waals surface area contributed by atoms with Gasteiger partial charge in [0.2, 0.25) is 11.8 Å². The molecule has 1 unspecified atom stereocenters. The maximum atomic E-state index is 12.5. The molecule has 7 heteroatoms. The van der Waals surface area contributed by atoms with E-state index < -0.39 is 5.54 Å². The van der Waals surface area contributed by atoms with E-state index in [1.807, 2.05) is 6.92 Å². The molecule has 2 amide bonds. The predicted octanol–water partition coefficient (Wildman–Crippen LogP) is -0.558. The summed E-state index contributed by atoms with van der Waals surface area (Å²) in [7, 11) is 1.77. The molecule has 102 valence electrons. The molecule has 1 saturated heterocycles. The topological polar surface area (TPSA) is 80.1 Å². The zero-order valence-electron chi connectivity index (χ0n) is 11.1. The Kier molecular flexibility index (Phi) is 2.58. The van der Waals surface area contributed by atoms with E-state index in [1.165, 1.54) is 0 Å². The molecule has 0 aromatic carbocycles. The summed E-state index contributed by atoms with van der Waals surface area (Å²) < 4.78 is 1.59. The van der Waals surface area contributed by atoms with Crippen LogP contribution in [0, 0.1) is 5.92 Å². The average Bonchev–Trinajstić information content (AvgIpc) is 3.11. The summed E-state index contributed by atoms with van der Waals surface area (Å²) in [5, 5.41) is 10.7. The highest BCUT2D eigenvalue weighted by Gasteiger charge is 2.52. The van der Waals surface area contributed by atoms with Gasteiger partial charge in [-0.25, -0.2) is 0 Å². The molecule has 19 heavy (non-hydrogen) atoms. The highest BCUT2D eigenvalue weighted by Crippen LogP contribution is 2.41. The normalized spacial score (nSPS) is 27.6. The minimum atomic E-state index is -0.739. The molecule has 1 N–H and O–H groups in total. The standard InChI is InChI=1S/C12H17N5O2/c1-12(8-3-4-8)11(19)17(7-10(18)13-12)6-9-5-16(2)15-14-9/h5,8H,3-4,6-7H2,1-2H3,(H,13,18). The highest BCUT2D eigenvalue weighted by atomic mass is 16.2. The van der Waals surface area contributed by atoms with Crippen LogP contribution in [0.15, 0.2) is 6.20 Å². The van der Waals surface area contributed by atoms with E-state index in [9.17, 15) is 9.59 Å². The van der Waals surface area contributed by atoms with Gasteiger partial charge in [-0.05, 0) is 25.7 Å². The van der Waals surface area contributed by atoms with Gasteiger partial charge in [0.15, 0.2) is 0 Å². The van der Waals surface area contributed by atoms with Crippen molar-refractivity contribution in [1.29, 1.82) is 0 Å². The van der Waals surface area contributed by atoms with Crippen LogP contribution in [-0.2, 0) is 23.2 Å². The van der Waals surface area contributed by atoms with Crippen LogP contribution in [0.25, 0.3) is 0 Å². The first-order valence-corrected chi connectivity index (χ1v) is 6.44. The summed E-state index contributed by atoms with van der Waals surface area (Å²) in [6, 6.07) is 0. The van der Waals surface area contributed by atoms with Gasteiger partial charge in [0.05, 0.1) is 6.54 Å². The summed E-state index contributed by atoms with van der Waals surface area (Å²) in [5.74, 6) is 0.159. The van der Waals surface area contributed by atoms with Gasteiger partial charge in [-0.15, -0.1) is 5.10 Å². The number of nitrogens with one attached hydrogen (secondary N) is 1. The number of carbonyl (C=O) groups excluding carboxylic acids is 2. The van der Waals surface area contributed by atoms with Gasteiger partial charge in [-0.2, -0.15) is 0 Å². The molecular formula is C12H17N5O2. The molecule has 1 aromatic rings. The number of hydrogen-bond donors (Lipinski definition) is 1. The smallest absolute Gasteiger partial charge is 0.249 e. The maximum absolute atomic E-state index is 12.5. The number of rotatable bonds is 3. The molecule has 1 aliphatic carbocycles. The number of piperazine rings is 1. The summed E-state index contributed by atoms with van der Waals surface area (Å²) in [4.78, 5) is 25.9. The number of aromatic nitrogens is 3. The summed E-state index contributed by atoms with van der Waals surface area (Å²) in [6.07, 6.45) is 3.76. The number of hydrogen-bond acceptors (Lipinski definition) is 4. The summed E-state index contributed by atoms with van der Waals surface area (Å²) >= 11 is 0. The average molecular weight is 263 g/mol. The number of nitrogens with zero attached hydrogens (tertiary/aromatic N) is 4. The summed E-state index contributed by atoms with van der Waals surface area (Å²) in [5.41, 5.74) is -0.0407. The Morgan fingerprint density at radius 3 is 2.79 bits per heavy atom. The Balaban J connectivity index is 1.80. The van der Waals surface area contributed by atoms with Gasteiger partial charge in [0.1, 0.15) is 17.8 Å². The monoisotopic (exact) mass is 263 g/mol. The quantitative estimate of drug-likeness (QED) is 0.793. The van der Waals surface area contributed by atoms with Crippen molar-refractivity contribution < 1.29 is 9.59 Å². The SMILES string of the molecule is Cn1cc(CN2CC(=O)NC(C)(C3CC3)C2=O)nn1. The first kappa shape index (κ1) is 12.1. The van der Waals surface area contributed by atoms with Gasteiger partial charge < -0.3 is 10.2 Å². The number of amides is 2. The molecule has 0 radical (unpaired) electrons. The molecule has 1 saturated carbocycles. The Hall–Kier alpha value is -1.92. The van der Waals surface area contributed by atoms with Gasteiger partial charge >= 0.3 is 0 Å². The van der Waals surface area contributed by atoms with Crippen LogP contribution < -0.4 is 5.32 Å². The molecule has 2 heterocycles. The first-order chi connectivity index (χ1) is 8.99. The molecule has 0 spiro atoms. The zero-order valence-corrected chi connectivity index (χ0v) is 11.1. The molecule has 3 rings (SSSR count). The molecule has 0 bridgehead atoms. The second-order valence-corrected chi connectivity index (χ2v) is 5.57. The van der Waals surface area contributed by atoms with Gasteiger partial charge in [-0.1, -0.05) is 5.21 Å². The van der Waals surface area contributed by atoms with Crippen LogP contribution in [0.3, 0.4) is 0 Å². The third-order valence-corrected chi connectivity index (χ3v) is 3.86. The van der Waals surface area contributed by atoms with Crippen molar-refractivity contribution >= 4 is 11.8 Å². The second kappa shape index (κ2) is 4.04. The van der Waals surface area contributed by atoms with Crippen molar-refractivity contribution in [2.24, 2.45) is 13.0 Å². The molecular weight excluding hydrogens is 246 g/mol. The van der Waals surface area contributed by atoms with Crippen LogP contribution in [0.1, 0.15) is 25.5 Å². The van der Waals surface area contributed by atoms with E-state index in [-0.39, 0.29) is 24.3 Å². The molecule has 2 aliphatic rings. The fraction of sp³-hybridized carbons (Fsp3) is 0.667. The predicted molar refractivity (Wildman–Crippen MR) is 65.7 cm³/mol. The van der Waals surface area contributed by atoms with E-state index >= 15 is 0 Å². The molecule has 1 atom stereocenters. The fourth-order valence-electron chi connectivity index (χ4n) is 2.68.